The van der Waals surface area contributed by atoms with Crippen LogP contribution < -0.4 is 5.32 Å². The Morgan fingerprint density at radius 3 is 2.74 bits per heavy atom. The van der Waals surface area contributed by atoms with Crippen LogP contribution in [-0.2, 0) is 13.1 Å². The highest BCUT2D eigenvalue weighted by Gasteiger charge is 2.10. The minimum atomic E-state index is 0.618. The summed E-state index contributed by atoms with van der Waals surface area (Å²) in [6.45, 7) is 5.24. The molecular weight excluding hydrogens is 240 g/mol. The van der Waals surface area contributed by atoms with Gasteiger partial charge in [-0.2, -0.15) is 0 Å². The van der Waals surface area contributed by atoms with Crippen molar-refractivity contribution >= 4 is 11.0 Å². The third kappa shape index (κ3) is 2.39. The van der Waals surface area contributed by atoms with Gasteiger partial charge in [-0.15, -0.1) is 0 Å². The highest BCUT2D eigenvalue weighted by molar-refractivity contribution is 5.82. The average molecular weight is 256 g/mol. The average Bonchev–Trinajstić information content (AvgIpc) is 2.94. The molecule has 0 aliphatic carbocycles. The summed E-state index contributed by atoms with van der Waals surface area (Å²) < 4.78 is 11.2. The Kier molecular flexibility index (Phi) is 3.09. The molecule has 0 aliphatic rings. The van der Waals surface area contributed by atoms with Gasteiger partial charge in [0.05, 0.1) is 12.7 Å². The van der Waals surface area contributed by atoms with Crippen LogP contribution >= 0.6 is 0 Å². The van der Waals surface area contributed by atoms with Crippen LogP contribution in [0.5, 0.6) is 0 Å². The minimum absolute atomic E-state index is 0.618. The zero-order valence-corrected chi connectivity index (χ0v) is 11.1. The van der Waals surface area contributed by atoms with Crippen molar-refractivity contribution in [1.29, 1.82) is 0 Å². The van der Waals surface area contributed by atoms with E-state index in [1.165, 1.54) is 5.56 Å². The Morgan fingerprint density at radius 1 is 1.11 bits per heavy atom. The van der Waals surface area contributed by atoms with Gasteiger partial charge in [0.15, 0.2) is 0 Å². The number of aromatic nitrogens is 1. The number of hydrogen-bond acceptors (Lipinski definition) is 4. The number of furan rings is 1. The van der Waals surface area contributed by atoms with Crippen LogP contribution in [-0.4, -0.2) is 4.98 Å². The molecule has 2 aromatic heterocycles. The maximum Gasteiger partial charge on any atom is 0.208 e. The molecule has 3 rings (SSSR count). The van der Waals surface area contributed by atoms with Gasteiger partial charge >= 0.3 is 0 Å². The summed E-state index contributed by atoms with van der Waals surface area (Å²) in [4.78, 5) is 4.17. The molecule has 0 saturated carbocycles. The van der Waals surface area contributed by atoms with Crippen molar-refractivity contribution in [2.75, 3.05) is 0 Å². The molecule has 4 nitrogen and oxygen atoms in total. The third-order valence-electron chi connectivity index (χ3n) is 3.15. The first-order valence-corrected chi connectivity index (χ1v) is 6.33. The summed E-state index contributed by atoms with van der Waals surface area (Å²) in [6.07, 6.45) is 1.73. The van der Waals surface area contributed by atoms with Crippen LogP contribution in [0, 0.1) is 13.8 Å². The van der Waals surface area contributed by atoms with E-state index in [1.807, 2.05) is 32.0 Å². The fourth-order valence-corrected chi connectivity index (χ4v) is 2.22. The summed E-state index contributed by atoms with van der Waals surface area (Å²) in [6, 6.07) is 8.08. The van der Waals surface area contributed by atoms with Crippen molar-refractivity contribution < 1.29 is 8.83 Å². The van der Waals surface area contributed by atoms with Gasteiger partial charge in [-0.05, 0) is 19.9 Å². The molecule has 19 heavy (non-hydrogen) atoms. The van der Waals surface area contributed by atoms with Crippen molar-refractivity contribution in [3.63, 3.8) is 0 Å². The smallest absolute Gasteiger partial charge is 0.208 e. The second-order valence-corrected chi connectivity index (χ2v) is 4.60. The van der Waals surface area contributed by atoms with E-state index in [1.54, 1.807) is 6.20 Å². The Hall–Kier alpha value is -2.07. The first-order chi connectivity index (χ1) is 9.24. The van der Waals surface area contributed by atoms with E-state index < -0.39 is 0 Å². The Bertz CT molecular complexity index is 697. The molecule has 1 aromatic carbocycles. The van der Waals surface area contributed by atoms with Crippen molar-refractivity contribution in [1.82, 2.24) is 10.3 Å². The number of para-hydroxylation sites is 1. The van der Waals surface area contributed by atoms with Crippen LogP contribution in [0.25, 0.3) is 11.0 Å². The predicted molar refractivity (Wildman–Crippen MR) is 72.7 cm³/mol. The van der Waals surface area contributed by atoms with E-state index in [4.69, 9.17) is 8.83 Å². The molecule has 0 atom stereocenters. The largest absolute Gasteiger partial charge is 0.461 e. The molecule has 0 saturated heterocycles. The van der Waals surface area contributed by atoms with E-state index in [0.29, 0.717) is 12.4 Å². The number of benzene rings is 1. The Labute approximate surface area is 111 Å². The second kappa shape index (κ2) is 4.90. The number of aryl methyl sites for hydroxylation is 2. The van der Waals surface area contributed by atoms with E-state index >= 15 is 0 Å². The summed E-state index contributed by atoms with van der Waals surface area (Å²) in [5.74, 6) is 2.50. The minimum Gasteiger partial charge on any atom is -0.461 e. The van der Waals surface area contributed by atoms with Crippen molar-refractivity contribution in [3.8, 4) is 0 Å². The number of nitrogens with zero attached hydrogens (tertiary/aromatic N) is 1. The van der Waals surface area contributed by atoms with Gasteiger partial charge in [0.2, 0.25) is 5.89 Å². The maximum absolute atomic E-state index is 5.73. The lowest BCUT2D eigenvalue weighted by atomic mass is 10.1. The second-order valence-electron chi connectivity index (χ2n) is 4.60. The molecule has 0 aliphatic heterocycles. The quantitative estimate of drug-likeness (QED) is 0.778. The van der Waals surface area contributed by atoms with Crippen molar-refractivity contribution in [2.24, 2.45) is 0 Å². The molecule has 0 unspecified atom stereocenters. The van der Waals surface area contributed by atoms with E-state index in [9.17, 15) is 0 Å². The molecule has 1 N–H and O–H groups in total. The SMILES string of the molecule is Cc1cnc(CNCc2c(C)oc3ccccc23)o1. The van der Waals surface area contributed by atoms with Gasteiger partial charge in [0.1, 0.15) is 17.1 Å². The topological polar surface area (TPSA) is 51.2 Å². The van der Waals surface area contributed by atoms with E-state index in [2.05, 4.69) is 16.4 Å². The predicted octanol–water partition coefficient (Wildman–Crippen LogP) is 3.33. The van der Waals surface area contributed by atoms with Gasteiger partial charge < -0.3 is 14.2 Å². The first kappa shape index (κ1) is 12.0. The lowest BCUT2D eigenvalue weighted by Gasteiger charge is -2.01. The molecule has 0 amide bonds. The number of fused-ring (bicyclic) bond motifs is 1. The highest BCUT2D eigenvalue weighted by atomic mass is 16.4. The van der Waals surface area contributed by atoms with Crippen LogP contribution in [0.15, 0.2) is 39.3 Å². The van der Waals surface area contributed by atoms with E-state index in [-0.39, 0.29) is 0 Å². The summed E-state index contributed by atoms with van der Waals surface area (Å²) >= 11 is 0. The summed E-state index contributed by atoms with van der Waals surface area (Å²) in [5.41, 5.74) is 2.13. The molecule has 98 valence electrons. The molecule has 0 radical (unpaired) electrons. The van der Waals surface area contributed by atoms with Gasteiger partial charge in [0.25, 0.3) is 0 Å². The molecule has 0 bridgehead atoms. The number of oxazole rings is 1. The number of nitrogens with one attached hydrogen (secondary N) is 1. The van der Waals surface area contributed by atoms with Gasteiger partial charge in [-0.25, -0.2) is 4.98 Å². The number of hydrogen-bond donors (Lipinski definition) is 1. The Balaban J connectivity index is 1.73. The monoisotopic (exact) mass is 256 g/mol. The molecule has 4 heteroatoms. The molecular formula is C15H16N2O2. The maximum atomic E-state index is 5.73. The van der Waals surface area contributed by atoms with Crippen LogP contribution in [0.1, 0.15) is 23.0 Å². The van der Waals surface area contributed by atoms with Crippen molar-refractivity contribution in [2.45, 2.75) is 26.9 Å². The van der Waals surface area contributed by atoms with Gasteiger partial charge in [-0.3, -0.25) is 0 Å². The van der Waals surface area contributed by atoms with Crippen molar-refractivity contribution in [3.05, 3.63) is 53.4 Å². The first-order valence-electron chi connectivity index (χ1n) is 6.33. The molecule has 2 heterocycles. The Morgan fingerprint density at radius 2 is 1.95 bits per heavy atom. The fourth-order valence-electron chi connectivity index (χ4n) is 2.22. The molecule has 0 spiro atoms. The van der Waals surface area contributed by atoms with Gasteiger partial charge in [-0.1, -0.05) is 18.2 Å². The van der Waals surface area contributed by atoms with Crippen LogP contribution in [0.3, 0.4) is 0 Å². The van der Waals surface area contributed by atoms with Gasteiger partial charge in [0, 0.05) is 17.5 Å². The molecule has 3 aromatic rings. The zero-order valence-electron chi connectivity index (χ0n) is 11.1. The zero-order chi connectivity index (χ0) is 13.2. The summed E-state index contributed by atoms with van der Waals surface area (Å²) in [5, 5.41) is 4.50. The standard InChI is InChI=1S/C15H16N2O2/c1-10-7-17-15(18-10)9-16-8-13-11(2)19-14-6-4-3-5-12(13)14/h3-7,16H,8-9H2,1-2H3. The molecule has 0 fully saturated rings. The summed E-state index contributed by atoms with van der Waals surface area (Å²) in [7, 11) is 0. The normalized spacial score (nSPS) is 11.3. The number of rotatable bonds is 4. The van der Waals surface area contributed by atoms with Crippen LogP contribution in [0.2, 0.25) is 0 Å². The van der Waals surface area contributed by atoms with Crippen LogP contribution in [0.4, 0.5) is 0 Å². The third-order valence-corrected chi connectivity index (χ3v) is 3.15. The lowest BCUT2D eigenvalue weighted by molar-refractivity contribution is 0.448. The highest BCUT2D eigenvalue weighted by Crippen LogP contribution is 2.24. The van der Waals surface area contributed by atoms with E-state index in [0.717, 1.165) is 29.0 Å². The lowest BCUT2D eigenvalue weighted by Crippen LogP contribution is -2.13. The fraction of sp³-hybridized carbons (Fsp3) is 0.267.